The second-order valence-electron chi connectivity index (χ2n) is 0. The molecule has 0 aromatic carbocycles. The van der Waals surface area contributed by atoms with E-state index in [1.807, 2.05) is 0 Å². The van der Waals surface area contributed by atoms with Crippen molar-refractivity contribution in [1.82, 2.24) is 0 Å². The predicted molar refractivity (Wildman–Crippen MR) is 162 cm³/mol. The molecular formula is H18N14S16. The van der Waals surface area contributed by atoms with Crippen molar-refractivity contribution in [1.29, 1.82) is 66.9 Å². The van der Waals surface area contributed by atoms with Crippen LogP contribution in [-0.4, -0.2) is 0 Å². The highest BCUT2D eigenvalue weighted by atomic mass is 32.1. The van der Waals surface area contributed by atoms with E-state index in [0.29, 0.717) is 0 Å². The molecule has 0 heterocycles. The molecule has 0 aliphatic rings. The Labute approximate surface area is 264 Å². The first-order chi connectivity index (χ1) is 14.0. The highest BCUT2D eigenvalue weighted by Gasteiger charge is 0.644. The van der Waals surface area contributed by atoms with Crippen LogP contribution in [0.3, 0.4) is 0 Å². The van der Waals surface area contributed by atoms with Crippen molar-refractivity contribution in [3.8, 4) is 0 Å². The molecule has 0 aromatic heterocycles. The molecule has 0 radical (unpaired) electrons. The first kappa shape index (κ1) is 124. The summed E-state index contributed by atoms with van der Waals surface area (Å²) in [5.41, 5.74) is 0. The summed E-state index contributed by atoms with van der Waals surface area (Å²) >= 11 is 46.7. The van der Waals surface area contributed by atoms with Crippen molar-refractivity contribution in [2.45, 2.75) is 0 Å². The zero-order valence-electron chi connectivity index (χ0n) is 13.7. The van der Waals surface area contributed by atoms with Crippen LogP contribution >= 0.6 is 27.0 Å². The van der Waals surface area contributed by atoms with Crippen molar-refractivity contribution < 1.29 is 0 Å². The largest absolute Gasteiger partial charge is 0.235 e. The molecule has 0 spiro atoms. The van der Waals surface area contributed by atoms with E-state index >= 15 is 0 Å². The fourth-order valence-corrected chi connectivity index (χ4v) is 0. The van der Waals surface area contributed by atoms with Gasteiger partial charge in [0.15, 0.2) is 0 Å². The minimum absolute atomic E-state index is 0. The van der Waals surface area contributed by atoms with Crippen LogP contribution in [0.2, 0.25) is 0 Å². The van der Waals surface area contributed by atoms with Crippen LogP contribution in [0.25, 0.3) is 0 Å². The predicted octanol–water partition coefficient (Wildman–Crippen LogP) is 4.36. The summed E-state index contributed by atoms with van der Waals surface area (Å²) in [5, 5.41) is 0. The van der Waals surface area contributed by atoms with Crippen molar-refractivity contribution >= 4 is 201 Å². The molecule has 0 aliphatic carbocycles. The highest BCUT2D eigenvalue weighted by Crippen LogP contribution is 0.776. The first-order valence-corrected chi connectivity index (χ1v) is 8.57. The van der Waals surface area contributed by atoms with Gasteiger partial charge < -0.3 is 0 Å². The molecule has 14 N–H and O–H groups in total. The minimum atomic E-state index is 0. The Balaban J connectivity index is -0.00000000500. The molecule has 30 heavy (non-hydrogen) atoms. The molecule has 0 amide bonds. The molecule has 184 valence electrons. The smallest absolute Gasteiger partial charge is 0.0324 e. The van der Waals surface area contributed by atoms with Gasteiger partial charge in [-0.05, 0) is 0 Å². The molecular weight excluding hydrogens is 709 g/mol. The molecule has 0 unspecified atom stereocenters. The zero-order valence-corrected chi connectivity index (χ0v) is 27.1. The monoisotopic (exact) mass is 726 g/mol. The van der Waals surface area contributed by atoms with E-state index in [2.05, 4.69) is 174 Å². The lowest BCUT2D eigenvalue weighted by Gasteiger charge is -0.821. The summed E-state index contributed by atoms with van der Waals surface area (Å²) in [5.74, 6) is 0. The van der Waals surface area contributed by atoms with Crippen LogP contribution in [0.4, 0.5) is 0 Å². The normalized spacial score (nSPS) is 1.87. The Morgan fingerprint density at radius 1 is 0.133 bits per heavy atom. The molecule has 0 aliphatic heterocycles. The lowest BCUT2D eigenvalue weighted by molar-refractivity contribution is 1.67. The first-order valence-electron chi connectivity index (χ1n) is 2.86. The van der Waals surface area contributed by atoms with E-state index in [4.69, 9.17) is 66.9 Å². The Morgan fingerprint density at radius 2 is 0.133 bits per heavy atom. The second kappa shape index (κ2) is 26200. The molecule has 30 heteroatoms. The molecule has 0 fully saturated rings. The van der Waals surface area contributed by atoms with Gasteiger partial charge in [0.05, 0.1) is 0 Å². The third-order valence-electron chi connectivity index (χ3n) is 0. The summed E-state index contributed by atoms with van der Waals surface area (Å²) in [6, 6.07) is 0. The van der Waals surface area contributed by atoms with E-state index < -0.39 is 0 Å². The molecule has 0 aromatic rings. The number of hydrogen-bond acceptors (Lipinski definition) is 28. The summed E-state index contributed by atoms with van der Waals surface area (Å²) in [4.78, 5) is 0. The Bertz CT molecular complexity index is 83.2. The topological polar surface area (TPSA) is 334 Å². The average Bonchev–Trinajstić information content (AvgIpc) is 2.95. The van der Waals surface area contributed by atoms with Crippen molar-refractivity contribution in [2.24, 2.45) is 0 Å². The summed E-state index contributed by atoms with van der Waals surface area (Å²) in [7, 11) is 0. The van der Waals surface area contributed by atoms with Crippen LogP contribution < -0.4 is 0 Å². The van der Waals surface area contributed by atoms with Crippen molar-refractivity contribution in [2.75, 3.05) is 0 Å². The van der Waals surface area contributed by atoms with E-state index in [9.17, 15) is 0 Å². The maximum Gasteiger partial charge on any atom is 0.0324 e. The molecule has 0 rings (SSSR count). The standard InChI is InChI=1S/14HNS.2H2S/c14*1-2;;/h14*1H;2*1H2. The minimum Gasteiger partial charge on any atom is -0.235 e. The van der Waals surface area contributed by atoms with Gasteiger partial charge in [0.2, 0.25) is 0 Å². The lowest BCUT2D eigenvalue weighted by atomic mass is 14.0. The van der Waals surface area contributed by atoms with Crippen LogP contribution in [-0.2, 0) is 174 Å². The fourth-order valence-electron chi connectivity index (χ4n) is 0. The highest BCUT2D eigenvalue weighted by molar-refractivity contribution is 7.59. The molecule has 0 saturated carbocycles. The molecule has 0 atom stereocenters. The van der Waals surface area contributed by atoms with E-state index in [-0.39, 0.29) is 27.0 Å². The van der Waals surface area contributed by atoms with Crippen LogP contribution in [0.5, 0.6) is 0 Å². The van der Waals surface area contributed by atoms with Gasteiger partial charge in [-0.25, -0.2) is 66.9 Å². The number of rotatable bonds is 0. The maximum atomic E-state index is 5.33. The summed E-state index contributed by atoms with van der Waals surface area (Å²) < 4.78 is 74.7. The quantitative estimate of drug-likeness (QED) is 0.165. The van der Waals surface area contributed by atoms with Crippen LogP contribution in [0.1, 0.15) is 0 Å². The van der Waals surface area contributed by atoms with E-state index in [1.165, 1.54) is 0 Å². The Morgan fingerprint density at radius 3 is 0.133 bits per heavy atom. The van der Waals surface area contributed by atoms with Crippen molar-refractivity contribution in [3.05, 3.63) is 0 Å². The average molecular weight is 727 g/mol. The maximum absolute atomic E-state index is 5.33. The van der Waals surface area contributed by atoms with Gasteiger partial charge in [-0.2, -0.15) is 27.0 Å². The van der Waals surface area contributed by atoms with Gasteiger partial charge in [-0.3, -0.25) is 0 Å². The zero-order chi connectivity index (χ0) is 28.0. The van der Waals surface area contributed by atoms with Gasteiger partial charge >= 0.3 is 0 Å². The third kappa shape index (κ3) is 23600. The molecule has 14 nitrogen and oxygen atoms in total. The second-order valence-corrected chi connectivity index (χ2v) is 0. The van der Waals surface area contributed by atoms with Gasteiger partial charge in [0.1, 0.15) is 0 Å². The fraction of sp³-hybridized carbons (Fsp3) is 0. The SMILES string of the molecule is N=S.N=S.N=S.N=S.N=S.N=S.N=S.N=S.N=S.N=S.N=S.N=S.N=S.N=S.S.S. The molecule has 0 saturated heterocycles. The summed E-state index contributed by atoms with van der Waals surface area (Å²) in [6.45, 7) is 0. The van der Waals surface area contributed by atoms with Crippen LogP contribution in [0, 0.1) is 66.9 Å². The van der Waals surface area contributed by atoms with E-state index in [1.54, 1.807) is 0 Å². The van der Waals surface area contributed by atoms with Gasteiger partial charge in [-0.1, -0.05) is 0 Å². The Hall–Kier alpha value is 0.980. The lowest BCUT2D eigenvalue weighted by Crippen LogP contribution is -0.668. The Kier molecular flexibility index (Phi) is 108000. The number of hydrogen-bond donors (Lipinski definition) is 14. The van der Waals surface area contributed by atoms with Crippen molar-refractivity contribution in [3.63, 3.8) is 0 Å². The van der Waals surface area contributed by atoms with E-state index in [0.717, 1.165) is 0 Å². The molecule has 0 bridgehead atoms. The number of nitrogens with one attached hydrogen (secondary N) is 14. The van der Waals surface area contributed by atoms with Gasteiger partial charge in [0, 0.05) is 174 Å². The summed E-state index contributed by atoms with van der Waals surface area (Å²) in [6.07, 6.45) is 0. The van der Waals surface area contributed by atoms with Gasteiger partial charge in [0.25, 0.3) is 0 Å². The van der Waals surface area contributed by atoms with Crippen LogP contribution in [0.15, 0.2) is 0 Å². The van der Waals surface area contributed by atoms with Gasteiger partial charge in [-0.15, -0.1) is 0 Å². The third-order valence-corrected chi connectivity index (χ3v) is 0.